The number of ether oxygens (including phenoxy) is 3. The molecule has 3 aromatic rings. The lowest BCUT2D eigenvalue weighted by molar-refractivity contribution is 0.173. The van der Waals surface area contributed by atoms with E-state index in [9.17, 15) is 0 Å². The summed E-state index contributed by atoms with van der Waals surface area (Å²) in [5.41, 5.74) is 3.25. The normalized spacial score (nSPS) is 16.6. The van der Waals surface area contributed by atoms with Crippen LogP contribution in [0.3, 0.4) is 0 Å². The molecule has 0 bridgehead atoms. The first-order valence-corrected chi connectivity index (χ1v) is 10.1. The van der Waals surface area contributed by atoms with E-state index in [1.807, 2.05) is 42.7 Å². The Morgan fingerprint density at radius 3 is 2.81 bits per heavy atom. The summed E-state index contributed by atoms with van der Waals surface area (Å²) in [5, 5.41) is 12.5. The zero-order valence-electron chi connectivity index (χ0n) is 14.1. The summed E-state index contributed by atoms with van der Waals surface area (Å²) in [7, 11) is 0. The zero-order chi connectivity index (χ0) is 18.4. The van der Waals surface area contributed by atoms with Crippen LogP contribution in [0.25, 0.3) is 11.3 Å². The Kier molecular flexibility index (Phi) is 4.05. The van der Waals surface area contributed by atoms with Gasteiger partial charge in [-0.25, -0.2) is 0 Å². The van der Waals surface area contributed by atoms with Gasteiger partial charge in [-0.05, 0) is 24.5 Å². The second-order valence-corrected chi connectivity index (χ2v) is 7.49. The number of nitrogens with zero attached hydrogens (tertiary/aromatic N) is 3. The molecule has 1 atom stereocenters. The molecule has 1 aromatic heterocycles. The van der Waals surface area contributed by atoms with Crippen LogP contribution in [0.5, 0.6) is 17.4 Å². The van der Waals surface area contributed by atoms with E-state index in [0.29, 0.717) is 28.2 Å². The highest BCUT2D eigenvalue weighted by atomic mass is 79.9. The molecule has 27 heavy (non-hydrogen) atoms. The molecular formula is C18H13BrN4O3S. The summed E-state index contributed by atoms with van der Waals surface area (Å²) in [6, 6.07) is 11.6. The number of hydrogen-bond donors (Lipinski definition) is 1. The standard InChI is InChI=1S/C18H13BrN4O3S/c1-27-18-21-17-15(22-23-18)9-4-2-3-5-12(9)20-16(26-17)10-6-13-14(7-11(10)19)25-8-24-13/h2-7,16,20H,8H2,1H3. The highest BCUT2D eigenvalue weighted by Crippen LogP contribution is 2.44. The van der Waals surface area contributed by atoms with Crippen LogP contribution in [-0.2, 0) is 0 Å². The van der Waals surface area contributed by atoms with E-state index in [1.165, 1.54) is 11.8 Å². The number of rotatable bonds is 2. The summed E-state index contributed by atoms with van der Waals surface area (Å²) in [6.07, 6.45) is 1.40. The lowest BCUT2D eigenvalue weighted by Crippen LogP contribution is -2.17. The third-order valence-corrected chi connectivity index (χ3v) is 5.52. The van der Waals surface area contributed by atoms with Crippen LogP contribution in [0.15, 0.2) is 46.0 Å². The van der Waals surface area contributed by atoms with Crippen molar-refractivity contribution < 1.29 is 14.2 Å². The van der Waals surface area contributed by atoms with Crippen molar-refractivity contribution in [2.24, 2.45) is 0 Å². The van der Waals surface area contributed by atoms with Crippen LogP contribution in [0.4, 0.5) is 5.69 Å². The van der Waals surface area contributed by atoms with Crippen molar-refractivity contribution in [1.29, 1.82) is 0 Å². The monoisotopic (exact) mass is 444 g/mol. The smallest absolute Gasteiger partial charge is 0.247 e. The molecular weight excluding hydrogens is 432 g/mol. The maximum atomic E-state index is 6.24. The van der Waals surface area contributed by atoms with E-state index >= 15 is 0 Å². The molecule has 0 saturated carbocycles. The molecule has 2 aliphatic heterocycles. The molecule has 0 radical (unpaired) electrons. The Labute approximate surface area is 167 Å². The number of nitrogens with one attached hydrogen (secondary N) is 1. The van der Waals surface area contributed by atoms with Gasteiger partial charge in [0.05, 0.1) is 0 Å². The maximum absolute atomic E-state index is 6.24. The van der Waals surface area contributed by atoms with Gasteiger partial charge in [-0.15, -0.1) is 10.2 Å². The minimum atomic E-state index is -0.498. The molecule has 0 fully saturated rings. The molecule has 9 heteroatoms. The Morgan fingerprint density at radius 2 is 1.96 bits per heavy atom. The van der Waals surface area contributed by atoms with Gasteiger partial charge in [-0.2, -0.15) is 4.98 Å². The fourth-order valence-corrected chi connectivity index (χ4v) is 3.84. The zero-order valence-corrected chi connectivity index (χ0v) is 16.5. The minimum absolute atomic E-state index is 0.212. The van der Waals surface area contributed by atoms with E-state index in [4.69, 9.17) is 14.2 Å². The third kappa shape index (κ3) is 2.87. The lowest BCUT2D eigenvalue weighted by Gasteiger charge is -2.20. The molecule has 2 aromatic carbocycles. The maximum Gasteiger partial charge on any atom is 0.247 e. The second kappa shape index (κ2) is 6.58. The first-order chi connectivity index (χ1) is 13.2. The predicted octanol–water partition coefficient (Wildman–Crippen LogP) is 4.25. The summed E-state index contributed by atoms with van der Waals surface area (Å²) < 4.78 is 18.1. The molecule has 7 nitrogen and oxygen atoms in total. The van der Waals surface area contributed by atoms with Gasteiger partial charge in [-0.1, -0.05) is 45.9 Å². The molecule has 3 heterocycles. The number of halogens is 1. The molecule has 1 N–H and O–H groups in total. The highest BCUT2D eigenvalue weighted by molar-refractivity contribution is 9.10. The summed E-state index contributed by atoms with van der Waals surface area (Å²) in [6.45, 7) is 0.212. The van der Waals surface area contributed by atoms with Crippen molar-refractivity contribution in [1.82, 2.24) is 15.2 Å². The van der Waals surface area contributed by atoms with Crippen molar-refractivity contribution in [2.45, 2.75) is 11.4 Å². The van der Waals surface area contributed by atoms with Gasteiger partial charge in [0.15, 0.2) is 23.4 Å². The first-order valence-electron chi connectivity index (χ1n) is 8.13. The fourth-order valence-electron chi connectivity index (χ4n) is 3.01. The first kappa shape index (κ1) is 16.6. The summed E-state index contributed by atoms with van der Waals surface area (Å²) >= 11 is 5.03. The Bertz CT molecular complexity index is 1050. The number of fused-ring (bicyclic) bond motifs is 4. The van der Waals surface area contributed by atoms with Gasteiger partial charge >= 0.3 is 0 Å². The number of hydrogen-bond acceptors (Lipinski definition) is 8. The van der Waals surface area contributed by atoms with Crippen LogP contribution in [0.1, 0.15) is 11.8 Å². The molecule has 1 unspecified atom stereocenters. The highest BCUT2D eigenvalue weighted by Gasteiger charge is 2.29. The Balaban J connectivity index is 1.66. The van der Waals surface area contributed by atoms with Gasteiger partial charge in [0.25, 0.3) is 0 Å². The van der Waals surface area contributed by atoms with Gasteiger partial charge in [0, 0.05) is 21.3 Å². The molecule has 0 aliphatic carbocycles. The minimum Gasteiger partial charge on any atom is -0.454 e. The number of para-hydroxylation sites is 1. The van der Waals surface area contributed by atoms with E-state index < -0.39 is 6.23 Å². The lowest BCUT2D eigenvalue weighted by atomic mass is 10.1. The number of benzene rings is 2. The SMILES string of the molecule is CSc1nnc2c(n1)OC(c1cc3c(cc1Br)OCO3)Nc1ccccc1-2. The number of aromatic nitrogens is 3. The number of anilines is 1. The summed E-state index contributed by atoms with van der Waals surface area (Å²) in [4.78, 5) is 4.52. The third-order valence-electron chi connectivity index (χ3n) is 4.29. The largest absolute Gasteiger partial charge is 0.454 e. The molecule has 2 aliphatic rings. The Morgan fingerprint density at radius 1 is 1.15 bits per heavy atom. The van der Waals surface area contributed by atoms with Crippen molar-refractivity contribution in [2.75, 3.05) is 18.4 Å². The topological polar surface area (TPSA) is 78.4 Å². The van der Waals surface area contributed by atoms with Gasteiger partial charge in [-0.3, -0.25) is 0 Å². The van der Waals surface area contributed by atoms with Crippen LogP contribution < -0.4 is 19.5 Å². The van der Waals surface area contributed by atoms with Gasteiger partial charge in [0.2, 0.25) is 17.8 Å². The van der Waals surface area contributed by atoms with E-state index in [-0.39, 0.29) is 6.79 Å². The quantitative estimate of drug-likeness (QED) is 0.587. The van der Waals surface area contributed by atoms with E-state index in [1.54, 1.807) is 0 Å². The molecule has 0 spiro atoms. The van der Waals surface area contributed by atoms with Gasteiger partial charge in [0.1, 0.15) is 0 Å². The van der Waals surface area contributed by atoms with Crippen LogP contribution >= 0.6 is 27.7 Å². The average Bonchev–Trinajstić information content (AvgIpc) is 3.07. The van der Waals surface area contributed by atoms with Crippen molar-refractivity contribution >= 4 is 33.4 Å². The van der Waals surface area contributed by atoms with Gasteiger partial charge < -0.3 is 19.5 Å². The summed E-state index contributed by atoms with van der Waals surface area (Å²) in [5.74, 6) is 1.82. The van der Waals surface area contributed by atoms with Crippen LogP contribution in [0.2, 0.25) is 0 Å². The van der Waals surface area contributed by atoms with Crippen molar-refractivity contribution in [3.8, 4) is 28.6 Å². The average molecular weight is 445 g/mol. The second-order valence-electron chi connectivity index (χ2n) is 5.87. The van der Waals surface area contributed by atoms with Crippen LogP contribution in [0, 0.1) is 0 Å². The van der Waals surface area contributed by atoms with Crippen molar-refractivity contribution in [3.63, 3.8) is 0 Å². The van der Waals surface area contributed by atoms with E-state index in [0.717, 1.165) is 21.3 Å². The Hall–Kier alpha value is -2.52. The van der Waals surface area contributed by atoms with Crippen LogP contribution in [-0.4, -0.2) is 28.2 Å². The molecule has 5 rings (SSSR count). The molecule has 0 amide bonds. The number of thioether (sulfide) groups is 1. The van der Waals surface area contributed by atoms with Crippen molar-refractivity contribution in [3.05, 3.63) is 46.4 Å². The molecule has 136 valence electrons. The van der Waals surface area contributed by atoms with E-state index in [2.05, 4.69) is 36.4 Å². The molecule has 0 saturated heterocycles. The predicted molar refractivity (Wildman–Crippen MR) is 104 cm³/mol. The fraction of sp³-hybridized carbons (Fsp3) is 0.167.